The molecule has 0 aliphatic carbocycles. The molecule has 7 nitrogen and oxygen atoms in total. The van der Waals surface area contributed by atoms with Gasteiger partial charge in [-0.1, -0.05) is 47.2 Å². The van der Waals surface area contributed by atoms with Gasteiger partial charge in [0, 0.05) is 31.7 Å². The fourth-order valence-corrected chi connectivity index (χ4v) is 4.48. The van der Waals surface area contributed by atoms with Crippen molar-refractivity contribution in [2.24, 2.45) is 0 Å². The van der Waals surface area contributed by atoms with Crippen LogP contribution in [-0.4, -0.2) is 64.5 Å². The van der Waals surface area contributed by atoms with E-state index < -0.39 is 17.6 Å². The minimum atomic E-state index is -4.60. The summed E-state index contributed by atoms with van der Waals surface area (Å²) in [5.41, 5.74) is 0.717. The second-order valence-electron chi connectivity index (χ2n) is 7.94. The van der Waals surface area contributed by atoms with Crippen LogP contribution in [0.5, 0.6) is 0 Å². The van der Waals surface area contributed by atoms with Crippen molar-refractivity contribution < 1.29 is 22.8 Å². The molecule has 2 aromatic carbocycles. The van der Waals surface area contributed by atoms with Crippen LogP contribution >= 0.6 is 11.3 Å². The van der Waals surface area contributed by atoms with E-state index in [1.165, 1.54) is 34.4 Å². The normalized spacial score (nSPS) is 14.8. The second kappa shape index (κ2) is 9.90. The predicted octanol–water partition coefficient (Wildman–Crippen LogP) is 3.93. The highest BCUT2D eigenvalue weighted by Gasteiger charge is 2.36. The largest absolute Gasteiger partial charge is 0.417 e. The number of rotatable bonds is 5. The highest BCUT2D eigenvalue weighted by Crippen LogP contribution is 2.32. The Morgan fingerprint density at radius 3 is 2.47 bits per heavy atom. The lowest BCUT2D eigenvalue weighted by Gasteiger charge is -2.34. The van der Waals surface area contributed by atoms with Crippen LogP contribution in [0.2, 0.25) is 0 Å². The molecule has 178 valence electrons. The lowest BCUT2D eigenvalue weighted by molar-refractivity contribution is -0.138. The molecule has 11 heteroatoms. The summed E-state index contributed by atoms with van der Waals surface area (Å²) >= 11 is 1.27. The van der Waals surface area contributed by atoms with Crippen LogP contribution in [0.3, 0.4) is 0 Å². The first-order valence-electron chi connectivity index (χ1n) is 10.6. The average molecular weight is 490 g/mol. The van der Waals surface area contributed by atoms with Crippen LogP contribution in [0, 0.1) is 6.92 Å². The van der Waals surface area contributed by atoms with Crippen LogP contribution in [0.1, 0.15) is 21.5 Å². The van der Waals surface area contributed by atoms with E-state index in [1.54, 1.807) is 0 Å². The standard InChI is InChI=1S/C23H22F3N5O2S/c1-15-5-4-6-16(13-15)20-28-29-22(34-20)27-19(32)14-30-9-11-31(12-10-30)21(33)17-7-2-3-8-18(17)23(24,25)26/h2-8,13H,9-12,14H2,1H3,(H,27,29,32). The zero-order chi connectivity index (χ0) is 24.3. The third kappa shape index (κ3) is 5.60. The first-order valence-corrected chi connectivity index (χ1v) is 11.4. The molecule has 1 aromatic heterocycles. The van der Waals surface area contributed by atoms with Gasteiger partial charge in [-0.2, -0.15) is 13.2 Å². The van der Waals surface area contributed by atoms with Gasteiger partial charge in [-0.15, -0.1) is 10.2 Å². The third-order valence-corrected chi connectivity index (χ3v) is 6.31. The number of anilines is 1. The Balaban J connectivity index is 1.30. The SMILES string of the molecule is Cc1cccc(-c2nnc(NC(=O)CN3CCN(C(=O)c4ccccc4C(F)(F)F)CC3)s2)c1. The molecule has 1 fully saturated rings. The molecule has 0 bridgehead atoms. The van der Waals surface area contributed by atoms with Crippen molar-refractivity contribution in [2.75, 3.05) is 38.0 Å². The first-order chi connectivity index (χ1) is 16.2. The third-order valence-electron chi connectivity index (χ3n) is 5.43. The van der Waals surface area contributed by atoms with Crippen LogP contribution in [0.4, 0.5) is 18.3 Å². The molecule has 34 heavy (non-hydrogen) atoms. The van der Waals surface area contributed by atoms with Crippen molar-refractivity contribution in [1.82, 2.24) is 20.0 Å². The molecule has 0 radical (unpaired) electrons. The molecular formula is C23H22F3N5O2S. The molecule has 1 aliphatic rings. The van der Waals surface area contributed by atoms with Gasteiger partial charge in [-0.25, -0.2) is 0 Å². The van der Waals surface area contributed by atoms with Crippen molar-refractivity contribution in [1.29, 1.82) is 0 Å². The van der Waals surface area contributed by atoms with Crippen molar-refractivity contribution >= 4 is 28.3 Å². The zero-order valence-corrected chi connectivity index (χ0v) is 19.1. The Labute approximate surface area is 198 Å². The minimum absolute atomic E-state index is 0.0839. The Morgan fingerprint density at radius 1 is 1.03 bits per heavy atom. The number of carbonyl (C=O) groups is 2. The number of carbonyl (C=O) groups excluding carboxylic acids is 2. The minimum Gasteiger partial charge on any atom is -0.336 e. The lowest BCUT2D eigenvalue weighted by atomic mass is 10.1. The molecule has 1 saturated heterocycles. The van der Waals surface area contributed by atoms with Gasteiger partial charge in [0.2, 0.25) is 11.0 Å². The molecule has 2 heterocycles. The number of nitrogens with one attached hydrogen (secondary N) is 1. The Kier molecular flexibility index (Phi) is 6.94. The summed E-state index contributed by atoms with van der Waals surface area (Å²) in [5, 5.41) is 12.0. The van der Waals surface area contributed by atoms with Gasteiger partial charge in [0.1, 0.15) is 5.01 Å². The van der Waals surface area contributed by atoms with Gasteiger partial charge in [0.15, 0.2) is 0 Å². The molecule has 0 spiro atoms. The highest BCUT2D eigenvalue weighted by molar-refractivity contribution is 7.18. The van der Waals surface area contributed by atoms with Gasteiger partial charge in [-0.05, 0) is 25.1 Å². The van der Waals surface area contributed by atoms with Crippen molar-refractivity contribution in [3.05, 3.63) is 65.2 Å². The number of nitrogens with zero attached hydrogens (tertiary/aromatic N) is 4. The Morgan fingerprint density at radius 2 is 1.76 bits per heavy atom. The Bertz CT molecular complexity index is 1190. The van der Waals surface area contributed by atoms with Crippen LogP contribution in [0.15, 0.2) is 48.5 Å². The molecule has 2 amide bonds. The predicted molar refractivity (Wildman–Crippen MR) is 122 cm³/mol. The van der Waals surface area contributed by atoms with E-state index >= 15 is 0 Å². The summed E-state index contributed by atoms with van der Waals surface area (Å²) in [7, 11) is 0. The number of piperazine rings is 1. The van der Waals surface area contributed by atoms with Gasteiger partial charge < -0.3 is 4.90 Å². The van der Waals surface area contributed by atoms with Gasteiger partial charge in [0.25, 0.3) is 5.91 Å². The summed E-state index contributed by atoms with van der Waals surface area (Å²) in [5.74, 6) is -0.927. The molecule has 0 saturated carbocycles. The number of hydrogen-bond acceptors (Lipinski definition) is 6. The number of alkyl halides is 3. The maximum atomic E-state index is 13.2. The molecule has 3 aromatic rings. The fraction of sp³-hybridized carbons (Fsp3) is 0.304. The monoisotopic (exact) mass is 489 g/mol. The van der Waals surface area contributed by atoms with E-state index in [2.05, 4.69) is 15.5 Å². The molecule has 4 rings (SSSR count). The molecule has 1 aliphatic heterocycles. The van der Waals surface area contributed by atoms with Crippen LogP contribution in [0.25, 0.3) is 10.6 Å². The van der Waals surface area contributed by atoms with Crippen molar-refractivity contribution in [3.63, 3.8) is 0 Å². The molecular weight excluding hydrogens is 467 g/mol. The maximum absolute atomic E-state index is 13.2. The van der Waals surface area contributed by atoms with Gasteiger partial charge >= 0.3 is 6.18 Å². The van der Waals surface area contributed by atoms with Gasteiger partial charge in [0.05, 0.1) is 17.7 Å². The number of halogens is 3. The lowest BCUT2D eigenvalue weighted by Crippen LogP contribution is -2.50. The number of aryl methyl sites for hydroxylation is 1. The van der Waals surface area contributed by atoms with E-state index in [0.717, 1.165) is 17.2 Å². The van der Waals surface area contributed by atoms with E-state index in [0.29, 0.717) is 23.2 Å². The number of amides is 2. The summed E-state index contributed by atoms with van der Waals surface area (Å²) in [6.07, 6.45) is -4.60. The van der Waals surface area contributed by atoms with E-state index in [9.17, 15) is 22.8 Å². The smallest absolute Gasteiger partial charge is 0.336 e. The fourth-order valence-electron chi connectivity index (χ4n) is 3.73. The summed E-state index contributed by atoms with van der Waals surface area (Å²) in [6, 6.07) is 12.6. The van der Waals surface area contributed by atoms with Crippen molar-refractivity contribution in [2.45, 2.75) is 13.1 Å². The van der Waals surface area contributed by atoms with E-state index in [-0.39, 0.29) is 31.1 Å². The molecule has 0 unspecified atom stereocenters. The van der Waals surface area contributed by atoms with Crippen LogP contribution < -0.4 is 5.32 Å². The number of hydrogen-bond donors (Lipinski definition) is 1. The number of benzene rings is 2. The first kappa shape index (κ1) is 23.8. The van der Waals surface area contributed by atoms with Gasteiger partial charge in [-0.3, -0.25) is 19.8 Å². The molecule has 1 N–H and O–H groups in total. The van der Waals surface area contributed by atoms with Crippen molar-refractivity contribution in [3.8, 4) is 10.6 Å². The van der Waals surface area contributed by atoms with Crippen LogP contribution in [-0.2, 0) is 11.0 Å². The maximum Gasteiger partial charge on any atom is 0.417 e. The zero-order valence-electron chi connectivity index (χ0n) is 18.3. The van der Waals surface area contributed by atoms with E-state index in [4.69, 9.17) is 0 Å². The number of aromatic nitrogens is 2. The topological polar surface area (TPSA) is 78.4 Å². The summed E-state index contributed by atoms with van der Waals surface area (Å²) in [6.45, 7) is 3.27. The Hall–Kier alpha value is -3.31. The summed E-state index contributed by atoms with van der Waals surface area (Å²) in [4.78, 5) is 28.4. The van der Waals surface area contributed by atoms with E-state index in [1.807, 2.05) is 36.1 Å². The molecule has 0 atom stereocenters. The average Bonchev–Trinajstić information content (AvgIpc) is 3.27. The highest BCUT2D eigenvalue weighted by atomic mass is 32.1. The summed E-state index contributed by atoms with van der Waals surface area (Å²) < 4.78 is 39.7. The quantitative estimate of drug-likeness (QED) is 0.588. The second-order valence-corrected chi connectivity index (χ2v) is 8.92.